The lowest BCUT2D eigenvalue weighted by atomic mass is 10.0. The zero-order chi connectivity index (χ0) is 13.4. The molecule has 1 aliphatic rings. The van der Waals surface area contributed by atoms with Crippen molar-refractivity contribution in [3.05, 3.63) is 0 Å². The topological polar surface area (TPSA) is 9.23 Å². The second-order valence-corrected chi connectivity index (χ2v) is 11.5. The lowest BCUT2D eigenvalue weighted by molar-refractivity contribution is 0.0615. The van der Waals surface area contributed by atoms with Gasteiger partial charge in [0, 0.05) is 6.61 Å². The first kappa shape index (κ1) is 16.2. The summed E-state index contributed by atoms with van der Waals surface area (Å²) in [5, 5.41) is 0. The zero-order valence-corrected chi connectivity index (χ0v) is 14.1. The molecule has 0 aromatic rings. The van der Waals surface area contributed by atoms with Gasteiger partial charge in [-0.25, -0.2) is 0 Å². The van der Waals surface area contributed by atoms with Crippen molar-refractivity contribution in [1.82, 2.24) is 0 Å². The number of ether oxygens (including phenoxy) is 1. The van der Waals surface area contributed by atoms with E-state index in [2.05, 4.69) is 27.7 Å². The van der Waals surface area contributed by atoms with Crippen LogP contribution in [0.25, 0.3) is 0 Å². The fraction of sp³-hybridized carbons (Fsp3) is 1.00. The lowest BCUT2D eigenvalue weighted by Gasteiger charge is -2.41. The largest absolute Gasteiger partial charge is 0.382 e. The second-order valence-electron chi connectivity index (χ2n) is 6.05. The minimum Gasteiger partial charge on any atom is -0.382 e. The minimum absolute atomic E-state index is 0.639. The van der Waals surface area contributed by atoms with Gasteiger partial charge < -0.3 is 4.74 Å². The van der Waals surface area contributed by atoms with Crippen LogP contribution in [0.1, 0.15) is 66.2 Å². The van der Waals surface area contributed by atoms with Crippen molar-refractivity contribution >= 4 is 8.07 Å². The summed E-state index contributed by atoms with van der Waals surface area (Å²) in [6, 6.07) is 4.21. The molecule has 1 nitrogen and oxygen atoms in total. The normalized spacial score (nSPS) is 20.7. The number of hydrogen-bond donors (Lipinski definition) is 0. The summed E-state index contributed by atoms with van der Waals surface area (Å²) in [4.78, 5) is 0. The van der Waals surface area contributed by atoms with Crippen LogP contribution in [0.4, 0.5) is 0 Å². The van der Waals surface area contributed by atoms with E-state index in [1.54, 1.807) is 0 Å². The molecule has 2 heteroatoms. The van der Waals surface area contributed by atoms with E-state index in [9.17, 15) is 0 Å². The Hall–Kier alpha value is 0.177. The molecular weight excluding hydrogens is 236 g/mol. The molecule has 18 heavy (non-hydrogen) atoms. The molecule has 1 saturated carbocycles. The highest BCUT2D eigenvalue weighted by Gasteiger charge is 2.41. The average Bonchev–Trinajstić information content (AvgIpc) is 2.69. The smallest absolute Gasteiger partial charge is 0.0872 e. The van der Waals surface area contributed by atoms with Crippen LogP contribution in [0.5, 0.6) is 0 Å². The van der Waals surface area contributed by atoms with Crippen LogP contribution in [-0.2, 0) is 4.74 Å². The Kier molecular flexibility index (Phi) is 7.55. The average molecular weight is 271 g/mol. The van der Waals surface area contributed by atoms with Crippen molar-refractivity contribution in [2.75, 3.05) is 6.61 Å². The van der Waals surface area contributed by atoms with Gasteiger partial charge in [-0.15, -0.1) is 0 Å². The summed E-state index contributed by atoms with van der Waals surface area (Å²) in [5.41, 5.74) is 0.639. The minimum atomic E-state index is -1.20. The first-order valence-electron chi connectivity index (χ1n) is 8.35. The summed E-state index contributed by atoms with van der Waals surface area (Å²) in [6.45, 7) is 10.4. The van der Waals surface area contributed by atoms with Crippen molar-refractivity contribution in [3.63, 3.8) is 0 Å². The monoisotopic (exact) mass is 270 g/mol. The Bertz CT molecular complexity index is 197. The Morgan fingerprint density at radius 2 is 1.39 bits per heavy atom. The van der Waals surface area contributed by atoms with Gasteiger partial charge in [-0.1, -0.05) is 64.6 Å². The first-order chi connectivity index (χ1) is 8.74. The lowest BCUT2D eigenvalue weighted by Crippen LogP contribution is -2.51. The summed E-state index contributed by atoms with van der Waals surface area (Å²) >= 11 is 0. The third-order valence-corrected chi connectivity index (χ3v) is 11.5. The number of hydrogen-bond acceptors (Lipinski definition) is 1. The molecule has 0 spiro atoms. The predicted octanol–water partition coefficient (Wildman–Crippen LogP) is 5.41. The van der Waals surface area contributed by atoms with Gasteiger partial charge in [-0.2, -0.15) is 0 Å². The maximum Gasteiger partial charge on any atom is 0.0872 e. The number of rotatable bonds is 7. The zero-order valence-electron chi connectivity index (χ0n) is 13.1. The highest BCUT2D eigenvalue weighted by molar-refractivity contribution is 6.80. The molecule has 1 fully saturated rings. The summed E-state index contributed by atoms with van der Waals surface area (Å²) in [7, 11) is -1.20. The van der Waals surface area contributed by atoms with Crippen LogP contribution >= 0.6 is 0 Å². The highest BCUT2D eigenvalue weighted by Crippen LogP contribution is 2.36. The first-order valence-corrected chi connectivity index (χ1v) is 11.1. The third-order valence-electron chi connectivity index (χ3n) is 5.39. The van der Waals surface area contributed by atoms with E-state index in [1.807, 2.05) is 0 Å². The Morgan fingerprint density at radius 3 is 1.78 bits per heavy atom. The van der Waals surface area contributed by atoms with E-state index in [1.165, 1.54) is 56.7 Å². The molecule has 0 aliphatic heterocycles. The molecule has 1 aliphatic carbocycles. The van der Waals surface area contributed by atoms with Gasteiger partial charge >= 0.3 is 0 Å². The Balaban J connectivity index is 2.83. The van der Waals surface area contributed by atoms with E-state index < -0.39 is 8.07 Å². The molecule has 0 heterocycles. The molecule has 0 aromatic heterocycles. The van der Waals surface area contributed by atoms with Gasteiger partial charge in [0.05, 0.1) is 13.8 Å². The van der Waals surface area contributed by atoms with E-state index >= 15 is 0 Å². The molecule has 1 unspecified atom stereocenters. The van der Waals surface area contributed by atoms with E-state index in [4.69, 9.17) is 4.74 Å². The Labute approximate surface area is 116 Å². The highest BCUT2D eigenvalue weighted by atomic mass is 28.3. The predicted molar refractivity (Wildman–Crippen MR) is 83.8 cm³/mol. The van der Waals surface area contributed by atoms with Gasteiger partial charge in [-0.3, -0.25) is 0 Å². The van der Waals surface area contributed by atoms with Crippen LogP contribution in [0.15, 0.2) is 0 Å². The van der Waals surface area contributed by atoms with Crippen molar-refractivity contribution in [1.29, 1.82) is 0 Å². The van der Waals surface area contributed by atoms with Gasteiger partial charge in [0.2, 0.25) is 0 Å². The molecule has 1 atom stereocenters. The van der Waals surface area contributed by atoms with Crippen LogP contribution in [-0.4, -0.2) is 20.4 Å². The Morgan fingerprint density at radius 1 is 0.889 bits per heavy atom. The summed E-state index contributed by atoms with van der Waals surface area (Å²) < 4.78 is 6.34. The molecule has 108 valence electrons. The van der Waals surface area contributed by atoms with E-state index in [-0.39, 0.29) is 0 Å². The summed E-state index contributed by atoms with van der Waals surface area (Å²) in [6.07, 6.45) is 8.65. The van der Waals surface area contributed by atoms with E-state index in [0.717, 1.165) is 12.5 Å². The van der Waals surface area contributed by atoms with Gasteiger partial charge in [-0.05, 0) is 25.7 Å². The second kappa shape index (κ2) is 8.37. The summed E-state index contributed by atoms with van der Waals surface area (Å²) in [5.74, 6) is 0.874. The van der Waals surface area contributed by atoms with Crippen LogP contribution < -0.4 is 0 Å². The standard InChI is InChI=1S/C16H34OSi/c1-5-17-16(18(6-2,7-3)8-4)15-13-11-9-10-12-14-15/h15-16H,5-14H2,1-4H3. The van der Waals surface area contributed by atoms with E-state index in [0.29, 0.717) is 5.73 Å². The van der Waals surface area contributed by atoms with Gasteiger partial charge in [0.15, 0.2) is 0 Å². The maximum absolute atomic E-state index is 6.34. The van der Waals surface area contributed by atoms with Crippen molar-refractivity contribution < 1.29 is 4.74 Å². The fourth-order valence-corrected chi connectivity index (χ4v) is 8.52. The quantitative estimate of drug-likeness (QED) is 0.444. The molecule has 0 amide bonds. The van der Waals surface area contributed by atoms with Crippen molar-refractivity contribution in [2.24, 2.45) is 5.92 Å². The maximum atomic E-state index is 6.34. The van der Waals surface area contributed by atoms with Gasteiger partial charge in [0.1, 0.15) is 0 Å². The van der Waals surface area contributed by atoms with Crippen LogP contribution in [0, 0.1) is 5.92 Å². The molecule has 0 N–H and O–H groups in total. The molecule has 1 rings (SSSR count). The SMILES string of the molecule is CCOC(C1CCCCCC1)[Si](CC)(CC)CC. The molecule has 0 bridgehead atoms. The molecular formula is C16H34OSi. The molecule has 0 aromatic carbocycles. The van der Waals surface area contributed by atoms with Crippen molar-refractivity contribution in [3.8, 4) is 0 Å². The van der Waals surface area contributed by atoms with Crippen LogP contribution in [0.2, 0.25) is 18.1 Å². The van der Waals surface area contributed by atoms with Gasteiger partial charge in [0.25, 0.3) is 0 Å². The third kappa shape index (κ3) is 3.83. The molecule has 0 saturated heterocycles. The van der Waals surface area contributed by atoms with Crippen molar-refractivity contribution in [2.45, 2.75) is 90.1 Å². The fourth-order valence-electron chi connectivity index (χ4n) is 3.96. The molecule has 0 radical (unpaired) electrons. The van der Waals surface area contributed by atoms with Crippen LogP contribution in [0.3, 0.4) is 0 Å².